The van der Waals surface area contributed by atoms with E-state index in [-0.39, 0.29) is 0 Å². The smallest absolute Gasteiger partial charge is 0.0651 e. The van der Waals surface area contributed by atoms with Crippen LogP contribution in [0.15, 0.2) is 48.7 Å². The van der Waals surface area contributed by atoms with Crippen molar-refractivity contribution in [2.24, 2.45) is 0 Å². The summed E-state index contributed by atoms with van der Waals surface area (Å²) in [5.41, 5.74) is 3.57. The van der Waals surface area contributed by atoms with Gasteiger partial charge in [0.25, 0.3) is 0 Å². The monoisotopic (exact) mass is 340 g/mol. The maximum Gasteiger partial charge on any atom is 0.0651 e. The second-order valence-corrected chi connectivity index (χ2v) is 6.95. The van der Waals surface area contributed by atoms with Gasteiger partial charge >= 0.3 is 0 Å². The number of hydrogen-bond donors (Lipinski definition) is 2. The van der Waals surface area contributed by atoms with Gasteiger partial charge in [-0.05, 0) is 55.3 Å². The number of nitrogens with zero attached hydrogens (tertiary/aromatic N) is 2. The standard InChI is InChI=1S/C19H21ClN4/c20-16-5-3-14(4-6-16)12-24-9-1-2-18(13-24)22-17-7-8-19-15(10-17)11-21-23-19/h3-8,10-11,18,22H,1-2,9,12-13H2,(H,21,23). The van der Waals surface area contributed by atoms with Crippen LogP contribution in [-0.4, -0.2) is 34.2 Å². The van der Waals surface area contributed by atoms with E-state index in [1.165, 1.54) is 24.1 Å². The molecule has 2 aromatic carbocycles. The predicted molar refractivity (Wildman–Crippen MR) is 99.5 cm³/mol. The lowest BCUT2D eigenvalue weighted by atomic mass is 10.0. The minimum Gasteiger partial charge on any atom is -0.381 e. The van der Waals surface area contributed by atoms with E-state index in [1.54, 1.807) is 0 Å². The number of halogens is 1. The molecule has 0 bridgehead atoms. The third-order valence-electron chi connectivity index (χ3n) is 4.64. The number of benzene rings is 2. The second kappa shape index (κ2) is 6.83. The number of nitrogens with one attached hydrogen (secondary N) is 2. The molecule has 1 aliphatic rings. The number of aromatic amines is 1. The maximum absolute atomic E-state index is 5.97. The lowest BCUT2D eigenvalue weighted by Crippen LogP contribution is -2.41. The van der Waals surface area contributed by atoms with Crippen molar-refractivity contribution in [3.05, 3.63) is 59.2 Å². The Morgan fingerprint density at radius 2 is 2.08 bits per heavy atom. The first-order chi connectivity index (χ1) is 11.8. The van der Waals surface area contributed by atoms with E-state index in [2.05, 4.69) is 50.7 Å². The van der Waals surface area contributed by atoms with Gasteiger partial charge in [-0.2, -0.15) is 5.10 Å². The summed E-state index contributed by atoms with van der Waals surface area (Å²) in [6.45, 7) is 3.20. The number of likely N-dealkylation sites (tertiary alicyclic amines) is 1. The second-order valence-electron chi connectivity index (χ2n) is 6.52. The molecule has 1 fully saturated rings. The summed E-state index contributed by atoms with van der Waals surface area (Å²) < 4.78 is 0. The topological polar surface area (TPSA) is 44.0 Å². The summed E-state index contributed by atoms with van der Waals surface area (Å²) in [6, 6.07) is 15.0. The number of H-pyrrole nitrogens is 1. The van der Waals surface area contributed by atoms with Crippen LogP contribution in [0, 0.1) is 0 Å². The zero-order valence-electron chi connectivity index (χ0n) is 13.5. The first-order valence-corrected chi connectivity index (χ1v) is 8.80. The largest absolute Gasteiger partial charge is 0.381 e. The highest BCUT2D eigenvalue weighted by atomic mass is 35.5. The van der Waals surface area contributed by atoms with Crippen LogP contribution >= 0.6 is 11.6 Å². The molecule has 1 atom stereocenters. The minimum atomic E-state index is 0.482. The average molecular weight is 341 g/mol. The summed E-state index contributed by atoms with van der Waals surface area (Å²) in [6.07, 6.45) is 4.30. The molecular formula is C19H21ClN4. The number of rotatable bonds is 4. The molecule has 5 heteroatoms. The van der Waals surface area contributed by atoms with Crippen LogP contribution in [0.1, 0.15) is 18.4 Å². The highest BCUT2D eigenvalue weighted by molar-refractivity contribution is 6.30. The molecule has 4 rings (SSSR count). The minimum absolute atomic E-state index is 0.482. The highest BCUT2D eigenvalue weighted by Gasteiger charge is 2.20. The van der Waals surface area contributed by atoms with Gasteiger partial charge in [-0.3, -0.25) is 10.00 Å². The van der Waals surface area contributed by atoms with Gasteiger partial charge in [-0.25, -0.2) is 0 Å². The lowest BCUT2D eigenvalue weighted by molar-refractivity contribution is 0.208. The molecule has 2 heterocycles. The third kappa shape index (κ3) is 3.55. The lowest BCUT2D eigenvalue weighted by Gasteiger charge is -2.33. The van der Waals surface area contributed by atoms with Gasteiger partial charge in [0, 0.05) is 35.2 Å². The van der Waals surface area contributed by atoms with Crippen molar-refractivity contribution in [3.63, 3.8) is 0 Å². The van der Waals surface area contributed by atoms with E-state index in [1.807, 2.05) is 18.3 Å². The number of hydrogen-bond acceptors (Lipinski definition) is 3. The van der Waals surface area contributed by atoms with Crippen molar-refractivity contribution in [1.29, 1.82) is 0 Å². The SMILES string of the molecule is Clc1ccc(CN2CCCC(Nc3ccc4[nH]ncc4c3)C2)cc1. The molecular weight excluding hydrogens is 320 g/mol. The third-order valence-corrected chi connectivity index (χ3v) is 4.89. The van der Waals surface area contributed by atoms with Crippen molar-refractivity contribution in [2.75, 3.05) is 18.4 Å². The molecule has 2 N–H and O–H groups in total. The van der Waals surface area contributed by atoms with Crippen LogP contribution in [0.5, 0.6) is 0 Å². The van der Waals surface area contributed by atoms with Crippen LogP contribution in [-0.2, 0) is 6.54 Å². The molecule has 3 aromatic rings. The van der Waals surface area contributed by atoms with E-state index in [0.717, 1.165) is 35.6 Å². The Morgan fingerprint density at radius 3 is 2.96 bits per heavy atom. The van der Waals surface area contributed by atoms with Crippen molar-refractivity contribution < 1.29 is 0 Å². The molecule has 0 amide bonds. The van der Waals surface area contributed by atoms with Crippen molar-refractivity contribution >= 4 is 28.2 Å². The zero-order valence-corrected chi connectivity index (χ0v) is 14.3. The Bertz CT molecular complexity index is 812. The molecule has 24 heavy (non-hydrogen) atoms. The van der Waals surface area contributed by atoms with Crippen molar-refractivity contribution in [1.82, 2.24) is 15.1 Å². The summed E-state index contributed by atoms with van der Waals surface area (Å²) in [5.74, 6) is 0. The van der Waals surface area contributed by atoms with Crippen LogP contribution in [0.3, 0.4) is 0 Å². The molecule has 1 aromatic heterocycles. The summed E-state index contributed by atoms with van der Waals surface area (Å²) in [4.78, 5) is 2.51. The van der Waals surface area contributed by atoms with Gasteiger partial charge < -0.3 is 5.32 Å². The molecule has 1 unspecified atom stereocenters. The van der Waals surface area contributed by atoms with Crippen molar-refractivity contribution in [3.8, 4) is 0 Å². The fraction of sp³-hybridized carbons (Fsp3) is 0.316. The highest BCUT2D eigenvalue weighted by Crippen LogP contribution is 2.21. The fourth-order valence-electron chi connectivity index (χ4n) is 3.43. The van der Waals surface area contributed by atoms with Gasteiger partial charge in [0.2, 0.25) is 0 Å². The summed E-state index contributed by atoms with van der Waals surface area (Å²) in [7, 11) is 0. The molecule has 1 saturated heterocycles. The Hall–Kier alpha value is -2.04. The van der Waals surface area contributed by atoms with Crippen LogP contribution in [0.25, 0.3) is 10.9 Å². The van der Waals surface area contributed by atoms with E-state index >= 15 is 0 Å². The number of piperidine rings is 1. The first-order valence-electron chi connectivity index (χ1n) is 8.43. The van der Waals surface area contributed by atoms with Gasteiger partial charge in [0.05, 0.1) is 11.7 Å². The van der Waals surface area contributed by atoms with E-state index in [9.17, 15) is 0 Å². The van der Waals surface area contributed by atoms with Gasteiger partial charge in [-0.1, -0.05) is 23.7 Å². The molecule has 0 saturated carbocycles. The Morgan fingerprint density at radius 1 is 1.21 bits per heavy atom. The Kier molecular flexibility index (Phi) is 4.41. The van der Waals surface area contributed by atoms with Gasteiger partial charge in [0.15, 0.2) is 0 Å². The van der Waals surface area contributed by atoms with E-state index < -0.39 is 0 Å². The molecule has 0 radical (unpaired) electrons. The molecule has 4 nitrogen and oxygen atoms in total. The van der Waals surface area contributed by atoms with Crippen molar-refractivity contribution in [2.45, 2.75) is 25.4 Å². The number of anilines is 1. The van der Waals surface area contributed by atoms with Crippen LogP contribution in [0.4, 0.5) is 5.69 Å². The summed E-state index contributed by atoms with van der Waals surface area (Å²) >= 11 is 5.97. The maximum atomic E-state index is 5.97. The zero-order chi connectivity index (χ0) is 16.4. The van der Waals surface area contributed by atoms with Crippen LogP contribution < -0.4 is 5.32 Å². The number of aromatic nitrogens is 2. The molecule has 1 aliphatic heterocycles. The Labute approximate surface area is 146 Å². The molecule has 124 valence electrons. The number of fused-ring (bicyclic) bond motifs is 1. The first kappa shape index (κ1) is 15.5. The van der Waals surface area contributed by atoms with Gasteiger partial charge in [-0.15, -0.1) is 0 Å². The Balaban J connectivity index is 1.39. The van der Waals surface area contributed by atoms with E-state index in [4.69, 9.17) is 11.6 Å². The van der Waals surface area contributed by atoms with Crippen LogP contribution in [0.2, 0.25) is 5.02 Å². The van der Waals surface area contributed by atoms with E-state index in [0.29, 0.717) is 6.04 Å². The molecule has 0 spiro atoms. The predicted octanol–water partition coefficient (Wildman–Crippen LogP) is 4.29. The normalized spacial score (nSPS) is 18.8. The quantitative estimate of drug-likeness (QED) is 0.744. The summed E-state index contributed by atoms with van der Waals surface area (Å²) in [5, 5.41) is 12.7. The molecule has 0 aliphatic carbocycles. The van der Waals surface area contributed by atoms with Gasteiger partial charge in [0.1, 0.15) is 0 Å². The average Bonchev–Trinajstić information content (AvgIpc) is 3.05. The fourth-order valence-corrected chi connectivity index (χ4v) is 3.56.